The van der Waals surface area contributed by atoms with Gasteiger partial charge in [-0.25, -0.2) is 8.78 Å². The van der Waals surface area contributed by atoms with E-state index in [9.17, 15) is 18.4 Å². The zero-order chi connectivity index (χ0) is 17.5. The van der Waals surface area contributed by atoms with Gasteiger partial charge >= 0.3 is 5.97 Å². The summed E-state index contributed by atoms with van der Waals surface area (Å²) in [6.45, 7) is 1.37. The van der Waals surface area contributed by atoms with E-state index in [2.05, 4.69) is 5.32 Å². The number of carbonyl (C=O) groups is 2. The van der Waals surface area contributed by atoms with E-state index in [-0.39, 0.29) is 11.4 Å². The summed E-state index contributed by atoms with van der Waals surface area (Å²) in [5.41, 5.74) is -0.296. The summed E-state index contributed by atoms with van der Waals surface area (Å²) >= 11 is 2.97. The normalized spacial score (nSPS) is 11.8. The number of esters is 1. The molecule has 0 aliphatic heterocycles. The van der Waals surface area contributed by atoms with Gasteiger partial charge in [-0.3, -0.25) is 9.59 Å². The average molecular weight is 371 g/mol. The minimum absolute atomic E-state index is 0.101. The summed E-state index contributed by atoms with van der Waals surface area (Å²) in [5, 5.41) is 4.15. The molecule has 2 rings (SSSR count). The molecule has 4 nitrogen and oxygen atoms in total. The van der Waals surface area contributed by atoms with Crippen LogP contribution in [0, 0.1) is 11.6 Å². The van der Waals surface area contributed by atoms with Crippen LogP contribution in [-0.2, 0) is 20.1 Å². The lowest BCUT2D eigenvalue weighted by atomic mass is 10.2. The number of ether oxygens (including phenoxy) is 1. The predicted molar refractivity (Wildman–Crippen MR) is 91.0 cm³/mol. The van der Waals surface area contributed by atoms with E-state index in [1.807, 2.05) is 17.5 Å². The van der Waals surface area contributed by atoms with Crippen molar-refractivity contribution < 1.29 is 23.1 Å². The van der Waals surface area contributed by atoms with Gasteiger partial charge in [0.15, 0.2) is 6.10 Å². The zero-order valence-electron chi connectivity index (χ0n) is 12.8. The number of halogens is 2. The summed E-state index contributed by atoms with van der Waals surface area (Å²) < 4.78 is 31.5. The fourth-order valence-corrected chi connectivity index (χ4v) is 3.39. The number of thiophene rings is 1. The van der Waals surface area contributed by atoms with Gasteiger partial charge in [0.25, 0.3) is 5.91 Å². The molecule has 0 radical (unpaired) electrons. The van der Waals surface area contributed by atoms with Crippen LogP contribution in [0.4, 0.5) is 14.5 Å². The summed E-state index contributed by atoms with van der Waals surface area (Å²) in [4.78, 5) is 24.7. The van der Waals surface area contributed by atoms with Crippen molar-refractivity contribution in [3.05, 3.63) is 52.2 Å². The van der Waals surface area contributed by atoms with Crippen molar-refractivity contribution in [3.8, 4) is 0 Å². The molecule has 24 heavy (non-hydrogen) atoms. The minimum atomic E-state index is -1.11. The zero-order valence-corrected chi connectivity index (χ0v) is 14.4. The Morgan fingerprint density at radius 2 is 2.12 bits per heavy atom. The van der Waals surface area contributed by atoms with Gasteiger partial charge in [0.05, 0.1) is 11.4 Å². The second kappa shape index (κ2) is 8.79. The summed E-state index contributed by atoms with van der Waals surface area (Å²) in [7, 11) is 0. The van der Waals surface area contributed by atoms with E-state index in [0.29, 0.717) is 5.75 Å². The molecular weight excluding hydrogens is 356 g/mol. The molecule has 128 valence electrons. The van der Waals surface area contributed by atoms with Crippen molar-refractivity contribution in [3.63, 3.8) is 0 Å². The van der Waals surface area contributed by atoms with E-state index in [0.717, 1.165) is 23.1 Å². The first-order valence-electron chi connectivity index (χ1n) is 7.01. The fourth-order valence-electron chi connectivity index (χ4n) is 1.74. The van der Waals surface area contributed by atoms with Crippen LogP contribution in [0.25, 0.3) is 0 Å². The first-order valence-corrected chi connectivity index (χ1v) is 9.04. The number of carbonyl (C=O) groups excluding carboxylic acids is 2. The van der Waals surface area contributed by atoms with Crippen molar-refractivity contribution in [2.75, 3.05) is 11.1 Å². The lowest BCUT2D eigenvalue weighted by molar-refractivity contribution is -0.150. The Labute approximate surface area is 146 Å². The van der Waals surface area contributed by atoms with Crippen LogP contribution in [-0.4, -0.2) is 23.7 Å². The number of benzene rings is 1. The smallest absolute Gasteiger partial charge is 0.316 e. The standard InChI is InChI=1S/C16H15F2NO3S2/c1-10(16(21)19-14-7-11(17)4-5-13(14)18)22-15(20)9-23-8-12-3-2-6-24-12/h2-7,10H,8-9H2,1H3,(H,19,21)/t10-/m0/s1. The summed E-state index contributed by atoms with van der Waals surface area (Å²) in [5.74, 6) is -1.93. The van der Waals surface area contributed by atoms with Crippen LogP contribution in [0.2, 0.25) is 0 Å². The Morgan fingerprint density at radius 3 is 2.83 bits per heavy atom. The molecule has 0 bridgehead atoms. The van der Waals surface area contributed by atoms with Crippen LogP contribution < -0.4 is 5.32 Å². The molecule has 0 saturated heterocycles. The first kappa shape index (κ1) is 18.4. The third-order valence-electron chi connectivity index (χ3n) is 2.91. The first-order chi connectivity index (χ1) is 11.5. The molecule has 0 fully saturated rings. The van der Waals surface area contributed by atoms with Gasteiger partial charge < -0.3 is 10.1 Å². The molecule has 0 saturated carbocycles. The average Bonchev–Trinajstić information content (AvgIpc) is 3.04. The quantitative estimate of drug-likeness (QED) is 0.752. The number of thioether (sulfide) groups is 1. The molecule has 2 aromatic rings. The molecule has 1 amide bonds. The number of hydrogen-bond acceptors (Lipinski definition) is 5. The predicted octanol–water partition coefficient (Wildman–Crippen LogP) is 3.83. The molecule has 0 aliphatic carbocycles. The van der Waals surface area contributed by atoms with Gasteiger partial charge in [0, 0.05) is 16.7 Å². The molecule has 1 atom stereocenters. The van der Waals surface area contributed by atoms with Gasteiger partial charge in [-0.05, 0) is 30.5 Å². The van der Waals surface area contributed by atoms with Crippen molar-refractivity contribution >= 4 is 40.7 Å². The summed E-state index contributed by atoms with van der Waals surface area (Å²) in [6.07, 6.45) is -1.11. The number of amides is 1. The third-order valence-corrected chi connectivity index (χ3v) is 4.92. The maximum Gasteiger partial charge on any atom is 0.316 e. The maximum absolute atomic E-state index is 13.5. The highest BCUT2D eigenvalue weighted by Crippen LogP contribution is 2.18. The van der Waals surface area contributed by atoms with Gasteiger partial charge in [-0.15, -0.1) is 23.1 Å². The molecule has 0 unspecified atom stereocenters. The lowest BCUT2D eigenvalue weighted by Crippen LogP contribution is -2.30. The molecule has 0 spiro atoms. The monoisotopic (exact) mass is 371 g/mol. The van der Waals surface area contributed by atoms with E-state index >= 15 is 0 Å². The van der Waals surface area contributed by atoms with Gasteiger partial charge in [-0.1, -0.05) is 6.07 Å². The highest BCUT2D eigenvalue weighted by molar-refractivity contribution is 7.99. The number of anilines is 1. The fraction of sp³-hybridized carbons (Fsp3) is 0.250. The second-order valence-corrected chi connectivity index (χ2v) is 6.84. The third kappa shape index (κ3) is 5.61. The molecule has 1 N–H and O–H groups in total. The van der Waals surface area contributed by atoms with Crippen molar-refractivity contribution in [1.82, 2.24) is 0 Å². The van der Waals surface area contributed by atoms with Crippen molar-refractivity contribution in [1.29, 1.82) is 0 Å². The van der Waals surface area contributed by atoms with Gasteiger partial charge in [-0.2, -0.15) is 0 Å². The number of hydrogen-bond donors (Lipinski definition) is 1. The highest BCUT2D eigenvalue weighted by atomic mass is 32.2. The molecule has 1 heterocycles. The molecular formula is C16H15F2NO3S2. The van der Waals surface area contributed by atoms with E-state index in [4.69, 9.17) is 4.74 Å². The molecule has 8 heteroatoms. The molecule has 1 aromatic carbocycles. The Bertz CT molecular complexity index is 707. The van der Waals surface area contributed by atoms with Gasteiger partial charge in [0.1, 0.15) is 11.6 Å². The summed E-state index contributed by atoms with van der Waals surface area (Å²) in [6, 6.07) is 6.60. The number of rotatable bonds is 7. The Kier molecular flexibility index (Phi) is 6.74. The van der Waals surface area contributed by atoms with Crippen LogP contribution in [0.1, 0.15) is 11.8 Å². The largest absolute Gasteiger partial charge is 0.452 e. The second-order valence-electron chi connectivity index (χ2n) is 4.82. The molecule has 1 aromatic heterocycles. The van der Waals surface area contributed by atoms with Crippen LogP contribution in [0.15, 0.2) is 35.7 Å². The molecule has 0 aliphatic rings. The van der Waals surface area contributed by atoms with E-state index < -0.39 is 29.6 Å². The SMILES string of the molecule is C[C@H](OC(=O)CSCc1cccs1)C(=O)Nc1cc(F)ccc1F. The van der Waals surface area contributed by atoms with Crippen molar-refractivity contribution in [2.24, 2.45) is 0 Å². The van der Waals surface area contributed by atoms with E-state index in [1.165, 1.54) is 18.7 Å². The van der Waals surface area contributed by atoms with Crippen LogP contribution in [0.3, 0.4) is 0 Å². The van der Waals surface area contributed by atoms with E-state index in [1.54, 1.807) is 11.3 Å². The Hall–Kier alpha value is -1.93. The highest BCUT2D eigenvalue weighted by Gasteiger charge is 2.19. The van der Waals surface area contributed by atoms with Crippen LogP contribution in [0.5, 0.6) is 0 Å². The lowest BCUT2D eigenvalue weighted by Gasteiger charge is -2.13. The van der Waals surface area contributed by atoms with Crippen LogP contribution >= 0.6 is 23.1 Å². The number of nitrogens with one attached hydrogen (secondary N) is 1. The van der Waals surface area contributed by atoms with Gasteiger partial charge in [0.2, 0.25) is 0 Å². The topological polar surface area (TPSA) is 55.4 Å². The Morgan fingerprint density at radius 1 is 1.33 bits per heavy atom. The van der Waals surface area contributed by atoms with Crippen molar-refractivity contribution in [2.45, 2.75) is 18.8 Å². The Balaban J connectivity index is 1.78. The minimum Gasteiger partial charge on any atom is -0.452 e. The maximum atomic E-state index is 13.5.